The second kappa shape index (κ2) is 8.71. The summed E-state index contributed by atoms with van der Waals surface area (Å²) in [5.41, 5.74) is 12.7. The van der Waals surface area contributed by atoms with Gasteiger partial charge in [0.15, 0.2) is 0 Å². The lowest BCUT2D eigenvalue weighted by atomic mass is 9.85. The molecule has 0 N–H and O–H groups in total. The van der Waals surface area contributed by atoms with E-state index in [1.165, 1.54) is 27.8 Å². The van der Waals surface area contributed by atoms with Gasteiger partial charge in [-0.1, -0.05) is 109 Å². The Morgan fingerprint density at radius 2 is 1.12 bits per heavy atom. The summed E-state index contributed by atoms with van der Waals surface area (Å²) in [4.78, 5) is 0. The normalized spacial score (nSPS) is 14.9. The second-order valence-corrected chi connectivity index (χ2v) is 11.2. The van der Waals surface area contributed by atoms with E-state index in [-0.39, 0.29) is 5.92 Å². The molecular formula is C39H26O2. The largest absolute Gasteiger partial charge is 0.456 e. The predicted octanol–water partition coefficient (Wildman–Crippen LogP) is 10.9. The van der Waals surface area contributed by atoms with Crippen molar-refractivity contribution in [3.8, 4) is 22.3 Å². The molecule has 2 heterocycles. The number of furan rings is 2. The summed E-state index contributed by atoms with van der Waals surface area (Å²) in [7, 11) is 0. The molecule has 0 amide bonds. The molecule has 0 saturated carbocycles. The number of rotatable bonds is 2. The summed E-state index contributed by atoms with van der Waals surface area (Å²) in [5.74, 6) is 0.256. The van der Waals surface area contributed by atoms with Crippen molar-refractivity contribution in [2.24, 2.45) is 0 Å². The molecule has 0 spiro atoms. The third-order valence-corrected chi connectivity index (χ3v) is 8.96. The number of hydrogen-bond acceptors (Lipinski definition) is 2. The molecule has 0 unspecified atom stereocenters. The summed E-state index contributed by atoms with van der Waals surface area (Å²) >= 11 is 0. The van der Waals surface area contributed by atoms with Crippen molar-refractivity contribution in [1.82, 2.24) is 0 Å². The highest BCUT2D eigenvalue weighted by Crippen LogP contribution is 2.45. The van der Waals surface area contributed by atoms with Gasteiger partial charge in [-0.3, -0.25) is 0 Å². The fourth-order valence-electron chi connectivity index (χ4n) is 7.06. The Kier molecular flexibility index (Phi) is 4.82. The monoisotopic (exact) mass is 526 g/mol. The first-order chi connectivity index (χ1) is 20.3. The van der Waals surface area contributed by atoms with Crippen molar-refractivity contribution in [2.45, 2.75) is 18.8 Å². The van der Waals surface area contributed by atoms with Crippen LogP contribution >= 0.6 is 0 Å². The Bertz CT molecular complexity index is 2280. The molecule has 0 radical (unpaired) electrons. The first kappa shape index (κ1) is 22.7. The Hall–Kier alpha value is -5.08. The smallest absolute Gasteiger partial charge is 0.143 e. The van der Waals surface area contributed by atoms with Crippen LogP contribution in [0.5, 0.6) is 0 Å². The third-order valence-electron chi connectivity index (χ3n) is 8.96. The maximum absolute atomic E-state index is 6.67. The van der Waals surface area contributed by atoms with Crippen molar-refractivity contribution >= 4 is 43.9 Å². The highest BCUT2D eigenvalue weighted by Gasteiger charge is 2.26. The van der Waals surface area contributed by atoms with Crippen LogP contribution in [0.15, 0.2) is 136 Å². The Morgan fingerprint density at radius 3 is 2.07 bits per heavy atom. The lowest BCUT2D eigenvalue weighted by Gasteiger charge is -2.18. The van der Waals surface area contributed by atoms with Crippen molar-refractivity contribution in [3.63, 3.8) is 0 Å². The number of para-hydroxylation sites is 3. The van der Waals surface area contributed by atoms with Gasteiger partial charge in [0.25, 0.3) is 0 Å². The van der Waals surface area contributed by atoms with Crippen molar-refractivity contribution in [2.75, 3.05) is 0 Å². The molecule has 2 aromatic heterocycles. The maximum Gasteiger partial charge on any atom is 0.143 e. The van der Waals surface area contributed by atoms with Crippen molar-refractivity contribution < 1.29 is 8.83 Å². The van der Waals surface area contributed by atoms with Crippen LogP contribution in [0.4, 0.5) is 0 Å². The topological polar surface area (TPSA) is 26.3 Å². The molecule has 6 aromatic carbocycles. The summed E-state index contributed by atoms with van der Waals surface area (Å²) in [6.45, 7) is 0. The van der Waals surface area contributed by atoms with E-state index < -0.39 is 0 Å². The number of fused-ring (bicyclic) bond motifs is 9. The molecule has 1 atom stereocenters. The van der Waals surface area contributed by atoms with Crippen LogP contribution in [0.25, 0.3) is 66.1 Å². The summed E-state index contributed by atoms with van der Waals surface area (Å²) in [5, 5.41) is 4.59. The second-order valence-electron chi connectivity index (χ2n) is 11.2. The summed E-state index contributed by atoms with van der Waals surface area (Å²) < 4.78 is 13.0. The van der Waals surface area contributed by atoms with E-state index in [4.69, 9.17) is 8.83 Å². The molecule has 2 nitrogen and oxygen atoms in total. The fraction of sp³-hybridized carbons (Fsp3) is 0.0769. The first-order valence-electron chi connectivity index (χ1n) is 14.4. The van der Waals surface area contributed by atoms with Crippen LogP contribution < -0.4 is 0 Å². The number of aryl methyl sites for hydroxylation is 1. The Balaban J connectivity index is 1.22. The van der Waals surface area contributed by atoms with Gasteiger partial charge < -0.3 is 8.83 Å². The molecule has 194 valence electrons. The van der Waals surface area contributed by atoms with Crippen LogP contribution in [-0.2, 0) is 6.42 Å². The van der Waals surface area contributed by atoms with Crippen molar-refractivity contribution in [1.29, 1.82) is 0 Å². The Labute approximate surface area is 237 Å². The highest BCUT2D eigenvalue weighted by molar-refractivity contribution is 6.12. The number of benzene rings is 6. The zero-order valence-electron chi connectivity index (χ0n) is 22.4. The maximum atomic E-state index is 6.67. The fourth-order valence-corrected chi connectivity index (χ4v) is 7.06. The first-order valence-corrected chi connectivity index (χ1v) is 14.4. The van der Waals surface area contributed by atoms with Gasteiger partial charge in [-0.15, -0.1) is 0 Å². The zero-order chi connectivity index (χ0) is 26.9. The molecule has 1 aliphatic rings. The lowest BCUT2D eigenvalue weighted by Crippen LogP contribution is -2.02. The van der Waals surface area contributed by atoms with Gasteiger partial charge in [-0.2, -0.15) is 0 Å². The van der Waals surface area contributed by atoms with Gasteiger partial charge in [0, 0.05) is 38.6 Å². The molecule has 2 heteroatoms. The van der Waals surface area contributed by atoms with E-state index in [2.05, 4.69) is 115 Å². The quantitative estimate of drug-likeness (QED) is 0.224. The van der Waals surface area contributed by atoms with E-state index >= 15 is 0 Å². The van der Waals surface area contributed by atoms with Crippen LogP contribution in [0, 0.1) is 0 Å². The molecule has 0 saturated heterocycles. The van der Waals surface area contributed by atoms with Crippen LogP contribution in [0.2, 0.25) is 0 Å². The van der Waals surface area contributed by atoms with E-state index in [0.717, 1.165) is 67.8 Å². The SMILES string of the molecule is c1ccc2c(c1)CC[C@@H](c1cccc3c1oc1ccc(-c4cccc5c4oc4ccccc45)cc13)c1ccccc1-2. The molecule has 9 rings (SSSR count). The van der Waals surface area contributed by atoms with Crippen molar-refractivity contribution in [3.05, 3.63) is 144 Å². The van der Waals surface area contributed by atoms with Gasteiger partial charge in [-0.05, 0) is 58.9 Å². The molecule has 8 aromatic rings. The lowest BCUT2D eigenvalue weighted by molar-refractivity contribution is 0.647. The molecule has 41 heavy (non-hydrogen) atoms. The molecule has 1 aliphatic carbocycles. The molecule has 0 bridgehead atoms. The third kappa shape index (κ3) is 3.37. The highest BCUT2D eigenvalue weighted by atomic mass is 16.3. The van der Waals surface area contributed by atoms with Gasteiger partial charge >= 0.3 is 0 Å². The van der Waals surface area contributed by atoms with Crippen LogP contribution in [-0.4, -0.2) is 0 Å². The standard InChI is InChI=1S/C39H26O2/c1-2-10-26-24(9-1)19-21-30(29-12-4-3-11-28(26)29)32-15-8-17-34-35-23-25(20-22-37(35)41-39(32)34)27-14-7-16-33-31-13-5-6-18-36(31)40-38(27)33/h1-18,20,22-23,30H,19,21H2/t30-/m1/s1. The molecule has 0 aliphatic heterocycles. The number of hydrogen-bond donors (Lipinski definition) is 0. The van der Waals surface area contributed by atoms with E-state index in [9.17, 15) is 0 Å². The molecular weight excluding hydrogens is 500 g/mol. The van der Waals surface area contributed by atoms with Gasteiger partial charge in [0.2, 0.25) is 0 Å². The predicted molar refractivity (Wildman–Crippen MR) is 168 cm³/mol. The van der Waals surface area contributed by atoms with Gasteiger partial charge in [0.1, 0.15) is 22.3 Å². The van der Waals surface area contributed by atoms with Crippen LogP contribution in [0.1, 0.15) is 29.0 Å². The minimum Gasteiger partial charge on any atom is -0.456 e. The van der Waals surface area contributed by atoms with Gasteiger partial charge in [-0.25, -0.2) is 0 Å². The summed E-state index contributed by atoms with van der Waals surface area (Å²) in [6, 6.07) is 45.6. The summed E-state index contributed by atoms with van der Waals surface area (Å²) in [6.07, 6.45) is 2.08. The zero-order valence-corrected chi connectivity index (χ0v) is 22.4. The average molecular weight is 527 g/mol. The minimum absolute atomic E-state index is 0.256. The van der Waals surface area contributed by atoms with Crippen LogP contribution in [0.3, 0.4) is 0 Å². The van der Waals surface area contributed by atoms with Gasteiger partial charge in [0.05, 0.1) is 0 Å². The molecule has 0 fully saturated rings. The van der Waals surface area contributed by atoms with E-state index in [0.29, 0.717) is 0 Å². The average Bonchev–Trinajstić information content (AvgIpc) is 3.55. The van der Waals surface area contributed by atoms with E-state index in [1.54, 1.807) is 0 Å². The minimum atomic E-state index is 0.256. The van der Waals surface area contributed by atoms with E-state index in [1.807, 2.05) is 12.1 Å². The Morgan fingerprint density at radius 1 is 0.463 bits per heavy atom.